The smallest absolute Gasteiger partial charge is 0.259 e. The molecule has 1 aliphatic heterocycles. The maximum absolute atomic E-state index is 14.4. The standard InChI is InChI=1S/C20H23FN4O/c1-15(23-24-20(26)14-22-17-7-3-2-4-8-17)16-9-10-19(18(21)13-16)25-11-5-6-12-25/h2-4,7-10,13,22H,5-6,11-12,14H2,1H3,(H,24,26)/b23-15-. The van der Waals surface area contributed by atoms with Gasteiger partial charge in [-0.05, 0) is 44.0 Å². The van der Waals surface area contributed by atoms with Crippen molar-refractivity contribution in [3.05, 3.63) is 59.9 Å². The van der Waals surface area contributed by atoms with Crippen molar-refractivity contribution < 1.29 is 9.18 Å². The molecule has 6 heteroatoms. The lowest BCUT2D eigenvalue weighted by Crippen LogP contribution is -2.26. The number of nitrogens with zero attached hydrogens (tertiary/aromatic N) is 2. The maximum Gasteiger partial charge on any atom is 0.259 e. The second-order valence-corrected chi connectivity index (χ2v) is 6.31. The third-order valence-corrected chi connectivity index (χ3v) is 4.39. The zero-order chi connectivity index (χ0) is 18.4. The molecule has 0 radical (unpaired) electrons. The number of hydrazone groups is 1. The molecule has 1 saturated heterocycles. The molecule has 0 saturated carbocycles. The summed E-state index contributed by atoms with van der Waals surface area (Å²) in [4.78, 5) is 13.9. The molecule has 0 spiro atoms. The molecule has 1 aliphatic rings. The van der Waals surface area contributed by atoms with Crippen molar-refractivity contribution in [2.45, 2.75) is 19.8 Å². The number of hydrogen-bond acceptors (Lipinski definition) is 4. The van der Waals surface area contributed by atoms with Crippen LogP contribution in [0.25, 0.3) is 0 Å². The molecule has 2 N–H and O–H groups in total. The lowest BCUT2D eigenvalue weighted by Gasteiger charge is -2.18. The number of benzene rings is 2. The van der Waals surface area contributed by atoms with E-state index in [2.05, 4.69) is 20.7 Å². The van der Waals surface area contributed by atoms with Crippen LogP contribution < -0.4 is 15.6 Å². The van der Waals surface area contributed by atoms with Crippen LogP contribution in [0.5, 0.6) is 0 Å². The highest BCUT2D eigenvalue weighted by Gasteiger charge is 2.16. The number of carbonyl (C=O) groups excluding carboxylic acids is 1. The van der Waals surface area contributed by atoms with Crippen molar-refractivity contribution in [1.29, 1.82) is 0 Å². The van der Waals surface area contributed by atoms with E-state index < -0.39 is 0 Å². The fourth-order valence-corrected chi connectivity index (χ4v) is 2.94. The van der Waals surface area contributed by atoms with E-state index in [1.165, 1.54) is 6.07 Å². The van der Waals surface area contributed by atoms with Crippen LogP contribution in [0.4, 0.5) is 15.8 Å². The third-order valence-electron chi connectivity index (χ3n) is 4.39. The first-order chi connectivity index (χ1) is 12.6. The van der Waals surface area contributed by atoms with Crippen LogP contribution in [0.15, 0.2) is 53.6 Å². The number of rotatable bonds is 6. The van der Waals surface area contributed by atoms with E-state index in [0.29, 0.717) is 17.0 Å². The molecule has 1 heterocycles. The first-order valence-electron chi connectivity index (χ1n) is 8.80. The highest BCUT2D eigenvalue weighted by atomic mass is 19.1. The van der Waals surface area contributed by atoms with Crippen LogP contribution in [0.2, 0.25) is 0 Å². The van der Waals surface area contributed by atoms with Gasteiger partial charge in [-0.1, -0.05) is 24.3 Å². The Hall–Kier alpha value is -2.89. The Morgan fingerprint density at radius 2 is 1.88 bits per heavy atom. The van der Waals surface area contributed by atoms with E-state index in [9.17, 15) is 9.18 Å². The van der Waals surface area contributed by atoms with Gasteiger partial charge in [0.1, 0.15) is 5.82 Å². The number of carbonyl (C=O) groups is 1. The molecule has 2 aromatic carbocycles. The van der Waals surface area contributed by atoms with Gasteiger partial charge in [0.2, 0.25) is 0 Å². The minimum Gasteiger partial charge on any atom is -0.376 e. The Labute approximate surface area is 152 Å². The van der Waals surface area contributed by atoms with Gasteiger partial charge in [-0.3, -0.25) is 4.79 Å². The zero-order valence-electron chi connectivity index (χ0n) is 14.8. The summed E-state index contributed by atoms with van der Waals surface area (Å²) in [5.41, 5.74) is 5.21. The number of halogens is 1. The summed E-state index contributed by atoms with van der Waals surface area (Å²) in [6, 6.07) is 14.6. The average Bonchev–Trinajstić information content (AvgIpc) is 3.19. The third kappa shape index (κ3) is 4.59. The van der Waals surface area contributed by atoms with Crippen LogP contribution in [0.1, 0.15) is 25.3 Å². The SMILES string of the molecule is C/C(=N/NC(=O)CNc1ccccc1)c1ccc(N2CCCC2)c(F)c1. The van der Waals surface area contributed by atoms with Gasteiger partial charge < -0.3 is 10.2 Å². The van der Waals surface area contributed by atoms with E-state index in [4.69, 9.17) is 0 Å². The number of nitrogens with one attached hydrogen (secondary N) is 2. The van der Waals surface area contributed by atoms with E-state index in [-0.39, 0.29) is 18.3 Å². The first-order valence-corrected chi connectivity index (χ1v) is 8.80. The molecule has 1 fully saturated rings. The van der Waals surface area contributed by atoms with Gasteiger partial charge in [0.05, 0.1) is 17.9 Å². The lowest BCUT2D eigenvalue weighted by molar-refractivity contribution is -0.119. The van der Waals surface area contributed by atoms with Crippen molar-refractivity contribution >= 4 is 23.0 Å². The quantitative estimate of drug-likeness (QED) is 0.618. The van der Waals surface area contributed by atoms with E-state index in [0.717, 1.165) is 31.6 Å². The summed E-state index contributed by atoms with van der Waals surface area (Å²) >= 11 is 0. The Kier molecular flexibility index (Phi) is 5.84. The molecule has 0 aliphatic carbocycles. The van der Waals surface area contributed by atoms with Gasteiger partial charge in [-0.25, -0.2) is 9.82 Å². The Bertz CT molecular complexity index is 786. The Morgan fingerprint density at radius 3 is 2.58 bits per heavy atom. The summed E-state index contributed by atoms with van der Waals surface area (Å²) < 4.78 is 14.4. The highest BCUT2D eigenvalue weighted by molar-refractivity contribution is 5.99. The largest absolute Gasteiger partial charge is 0.376 e. The molecule has 0 bridgehead atoms. The van der Waals surface area contributed by atoms with Crippen molar-refractivity contribution in [3.63, 3.8) is 0 Å². The fraction of sp³-hybridized carbons (Fsp3) is 0.300. The molecule has 0 atom stereocenters. The van der Waals surface area contributed by atoms with Gasteiger partial charge in [0.15, 0.2) is 0 Å². The van der Waals surface area contributed by atoms with Crippen LogP contribution in [-0.2, 0) is 4.79 Å². The topological polar surface area (TPSA) is 56.7 Å². The molecule has 0 aromatic heterocycles. The van der Waals surface area contributed by atoms with Gasteiger partial charge in [-0.15, -0.1) is 0 Å². The number of para-hydroxylation sites is 1. The van der Waals surface area contributed by atoms with Crippen molar-refractivity contribution in [1.82, 2.24) is 5.43 Å². The van der Waals surface area contributed by atoms with Gasteiger partial charge >= 0.3 is 0 Å². The van der Waals surface area contributed by atoms with Crippen LogP contribution in [0, 0.1) is 5.82 Å². The van der Waals surface area contributed by atoms with Crippen molar-refractivity contribution in [3.8, 4) is 0 Å². The predicted octanol–water partition coefficient (Wildman–Crippen LogP) is 3.38. The van der Waals surface area contributed by atoms with Gasteiger partial charge in [0, 0.05) is 24.3 Å². The number of anilines is 2. The van der Waals surface area contributed by atoms with Crippen molar-refractivity contribution in [2.75, 3.05) is 29.9 Å². The summed E-state index contributed by atoms with van der Waals surface area (Å²) in [5.74, 6) is -0.515. The molecule has 1 amide bonds. The lowest BCUT2D eigenvalue weighted by atomic mass is 10.1. The molecule has 136 valence electrons. The van der Waals surface area contributed by atoms with E-state index >= 15 is 0 Å². The minimum absolute atomic E-state index is 0.114. The summed E-state index contributed by atoms with van der Waals surface area (Å²) in [6.45, 7) is 3.65. The number of amides is 1. The van der Waals surface area contributed by atoms with Crippen LogP contribution in [-0.4, -0.2) is 31.3 Å². The van der Waals surface area contributed by atoms with Crippen LogP contribution >= 0.6 is 0 Å². The van der Waals surface area contributed by atoms with Crippen molar-refractivity contribution in [2.24, 2.45) is 5.10 Å². The molecule has 5 nitrogen and oxygen atoms in total. The molecule has 3 rings (SSSR count). The average molecular weight is 354 g/mol. The normalized spacial score (nSPS) is 14.4. The molecular weight excluding hydrogens is 331 g/mol. The summed E-state index contributed by atoms with van der Waals surface area (Å²) in [7, 11) is 0. The molecule has 2 aromatic rings. The van der Waals surface area contributed by atoms with Gasteiger partial charge in [0.25, 0.3) is 5.91 Å². The minimum atomic E-state index is -0.262. The first kappa shape index (κ1) is 17.9. The Balaban J connectivity index is 1.56. The van der Waals surface area contributed by atoms with Gasteiger partial charge in [-0.2, -0.15) is 5.10 Å². The highest BCUT2D eigenvalue weighted by Crippen LogP contribution is 2.24. The second-order valence-electron chi connectivity index (χ2n) is 6.31. The molecular formula is C20H23FN4O. The monoisotopic (exact) mass is 354 g/mol. The zero-order valence-corrected chi connectivity index (χ0v) is 14.8. The maximum atomic E-state index is 14.4. The predicted molar refractivity (Wildman–Crippen MR) is 103 cm³/mol. The fourth-order valence-electron chi connectivity index (χ4n) is 2.94. The number of hydrogen-bond donors (Lipinski definition) is 2. The summed E-state index contributed by atoms with van der Waals surface area (Å²) in [5, 5.41) is 7.08. The molecule has 0 unspecified atom stereocenters. The van der Waals surface area contributed by atoms with E-state index in [1.54, 1.807) is 13.0 Å². The Morgan fingerprint density at radius 1 is 1.15 bits per heavy atom. The van der Waals surface area contributed by atoms with E-state index in [1.807, 2.05) is 36.4 Å². The van der Waals surface area contributed by atoms with Crippen LogP contribution in [0.3, 0.4) is 0 Å². The second kappa shape index (κ2) is 8.47. The molecule has 26 heavy (non-hydrogen) atoms. The summed E-state index contributed by atoms with van der Waals surface area (Å²) in [6.07, 6.45) is 2.20.